The molecular weight excluding hydrogens is 340 g/mol. The summed E-state index contributed by atoms with van der Waals surface area (Å²) in [5.41, 5.74) is 12.0. The van der Waals surface area contributed by atoms with Crippen molar-refractivity contribution in [2.75, 3.05) is 10.6 Å². The van der Waals surface area contributed by atoms with E-state index in [1.54, 1.807) is 22.3 Å². The van der Waals surface area contributed by atoms with E-state index in [9.17, 15) is 0 Å². The standard InChI is InChI=1S/C26H36N2/c1-17(2)27-23-15-13-19-9-5-7-11-21(19)25(23)26-22-12-8-6-10-20(22)14-16-24(26)28-18(3)4/h13-18,27-28H,5-12H2,1-4H3. The Kier molecular flexibility index (Phi) is 5.66. The molecule has 0 saturated heterocycles. The second-order valence-electron chi connectivity index (χ2n) is 9.26. The lowest BCUT2D eigenvalue weighted by atomic mass is 9.79. The van der Waals surface area contributed by atoms with Crippen LogP contribution in [0.2, 0.25) is 0 Å². The summed E-state index contributed by atoms with van der Waals surface area (Å²) in [6.45, 7) is 8.99. The first-order chi connectivity index (χ1) is 13.5. The Morgan fingerprint density at radius 3 is 1.36 bits per heavy atom. The third-order valence-corrected chi connectivity index (χ3v) is 6.20. The molecule has 4 rings (SSSR count). The van der Waals surface area contributed by atoms with Gasteiger partial charge < -0.3 is 10.6 Å². The van der Waals surface area contributed by atoms with E-state index in [0.29, 0.717) is 12.1 Å². The van der Waals surface area contributed by atoms with Gasteiger partial charge in [-0.15, -0.1) is 0 Å². The summed E-state index contributed by atoms with van der Waals surface area (Å²) < 4.78 is 0. The number of aryl methyl sites for hydroxylation is 2. The molecule has 0 unspecified atom stereocenters. The molecule has 0 saturated carbocycles. The molecule has 0 aromatic heterocycles. The van der Waals surface area contributed by atoms with Gasteiger partial charge in [0, 0.05) is 34.6 Å². The Morgan fingerprint density at radius 1 is 0.571 bits per heavy atom. The molecule has 0 amide bonds. The minimum Gasteiger partial charge on any atom is -0.382 e. The van der Waals surface area contributed by atoms with Crippen molar-refractivity contribution in [3.8, 4) is 11.1 Å². The zero-order chi connectivity index (χ0) is 19.7. The van der Waals surface area contributed by atoms with Gasteiger partial charge >= 0.3 is 0 Å². The summed E-state index contributed by atoms with van der Waals surface area (Å²) in [6, 6.07) is 10.3. The summed E-state index contributed by atoms with van der Waals surface area (Å²) in [5.74, 6) is 0. The zero-order valence-corrected chi connectivity index (χ0v) is 18.1. The highest BCUT2D eigenvalue weighted by Gasteiger charge is 2.25. The van der Waals surface area contributed by atoms with E-state index >= 15 is 0 Å². The van der Waals surface area contributed by atoms with Crippen LogP contribution in [0.5, 0.6) is 0 Å². The molecule has 0 fully saturated rings. The molecule has 0 radical (unpaired) electrons. The van der Waals surface area contributed by atoms with Gasteiger partial charge in [0.05, 0.1) is 0 Å². The van der Waals surface area contributed by atoms with Gasteiger partial charge in [-0.05, 0) is 113 Å². The van der Waals surface area contributed by atoms with Crippen molar-refractivity contribution < 1.29 is 0 Å². The van der Waals surface area contributed by atoms with Crippen LogP contribution in [0.25, 0.3) is 11.1 Å². The van der Waals surface area contributed by atoms with Crippen LogP contribution in [0.15, 0.2) is 24.3 Å². The highest BCUT2D eigenvalue weighted by Crippen LogP contribution is 2.45. The maximum Gasteiger partial charge on any atom is 0.0425 e. The normalized spacial score (nSPS) is 16.1. The zero-order valence-electron chi connectivity index (χ0n) is 18.1. The topological polar surface area (TPSA) is 24.1 Å². The van der Waals surface area contributed by atoms with E-state index in [0.717, 1.165) is 0 Å². The van der Waals surface area contributed by atoms with Crippen molar-refractivity contribution in [1.29, 1.82) is 0 Å². The lowest BCUT2D eigenvalue weighted by molar-refractivity contribution is 0.681. The number of rotatable bonds is 5. The van der Waals surface area contributed by atoms with Crippen LogP contribution >= 0.6 is 0 Å². The van der Waals surface area contributed by atoms with Gasteiger partial charge in [-0.1, -0.05) is 12.1 Å². The maximum absolute atomic E-state index is 3.78. The van der Waals surface area contributed by atoms with Gasteiger partial charge in [-0.25, -0.2) is 0 Å². The third-order valence-electron chi connectivity index (χ3n) is 6.20. The average Bonchev–Trinajstić information content (AvgIpc) is 2.67. The van der Waals surface area contributed by atoms with Crippen LogP contribution in [-0.4, -0.2) is 12.1 Å². The number of benzene rings is 2. The minimum atomic E-state index is 0.432. The second kappa shape index (κ2) is 8.19. The van der Waals surface area contributed by atoms with Crippen molar-refractivity contribution >= 4 is 11.4 Å². The number of hydrogen-bond acceptors (Lipinski definition) is 2. The molecule has 0 atom stereocenters. The highest BCUT2D eigenvalue weighted by molar-refractivity contribution is 5.92. The van der Waals surface area contributed by atoms with Crippen LogP contribution in [0.4, 0.5) is 11.4 Å². The molecule has 0 spiro atoms. The first kappa shape index (κ1) is 19.4. The summed E-state index contributed by atoms with van der Waals surface area (Å²) >= 11 is 0. The monoisotopic (exact) mass is 376 g/mol. The molecule has 2 N–H and O–H groups in total. The Morgan fingerprint density at radius 2 is 0.964 bits per heavy atom. The largest absolute Gasteiger partial charge is 0.382 e. The van der Waals surface area contributed by atoms with Crippen molar-refractivity contribution in [3.05, 3.63) is 46.5 Å². The Bertz CT molecular complexity index is 776. The van der Waals surface area contributed by atoms with Crippen LogP contribution in [0.3, 0.4) is 0 Å². The molecule has 2 aliphatic rings. The Balaban J connectivity index is 1.99. The Hall–Kier alpha value is -1.96. The molecule has 28 heavy (non-hydrogen) atoms. The smallest absolute Gasteiger partial charge is 0.0425 e. The van der Waals surface area contributed by atoms with Gasteiger partial charge in [0.25, 0.3) is 0 Å². The molecule has 150 valence electrons. The lowest BCUT2D eigenvalue weighted by Crippen LogP contribution is -2.17. The number of fused-ring (bicyclic) bond motifs is 2. The van der Waals surface area contributed by atoms with Crippen molar-refractivity contribution in [2.45, 2.75) is 91.1 Å². The molecule has 0 aliphatic heterocycles. The first-order valence-corrected chi connectivity index (χ1v) is 11.4. The molecule has 2 heteroatoms. The number of hydrogen-bond donors (Lipinski definition) is 2. The Labute approximate surface area is 171 Å². The quantitative estimate of drug-likeness (QED) is 0.603. The summed E-state index contributed by atoms with van der Waals surface area (Å²) in [7, 11) is 0. The van der Waals surface area contributed by atoms with Crippen LogP contribution < -0.4 is 10.6 Å². The van der Waals surface area contributed by atoms with Gasteiger partial charge in [0.1, 0.15) is 0 Å². The summed E-state index contributed by atoms with van der Waals surface area (Å²) in [5, 5.41) is 7.56. The van der Waals surface area contributed by atoms with E-state index in [1.165, 1.54) is 73.9 Å². The second-order valence-corrected chi connectivity index (χ2v) is 9.26. The van der Waals surface area contributed by atoms with E-state index in [4.69, 9.17) is 0 Å². The maximum atomic E-state index is 3.78. The molecule has 2 aromatic rings. The highest BCUT2D eigenvalue weighted by atomic mass is 14.9. The number of nitrogens with one attached hydrogen (secondary N) is 2. The van der Waals surface area contributed by atoms with Crippen molar-refractivity contribution in [2.24, 2.45) is 0 Å². The molecule has 2 aliphatic carbocycles. The van der Waals surface area contributed by atoms with Crippen LogP contribution in [-0.2, 0) is 25.7 Å². The minimum absolute atomic E-state index is 0.432. The fourth-order valence-corrected chi connectivity index (χ4v) is 5.09. The van der Waals surface area contributed by atoms with Gasteiger partial charge in [-0.2, -0.15) is 0 Å². The van der Waals surface area contributed by atoms with Gasteiger partial charge in [-0.3, -0.25) is 0 Å². The van der Waals surface area contributed by atoms with Crippen molar-refractivity contribution in [1.82, 2.24) is 0 Å². The van der Waals surface area contributed by atoms with Crippen LogP contribution in [0, 0.1) is 0 Å². The van der Waals surface area contributed by atoms with E-state index in [2.05, 4.69) is 62.6 Å². The summed E-state index contributed by atoms with van der Waals surface area (Å²) in [4.78, 5) is 0. The van der Waals surface area contributed by atoms with E-state index < -0.39 is 0 Å². The number of anilines is 2. The summed E-state index contributed by atoms with van der Waals surface area (Å²) in [6.07, 6.45) is 10.2. The third kappa shape index (κ3) is 3.79. The lowest BCUT2D eigenvalue weighted by Gasteiger charge is -2.30. The average molecular weight is 377 g/mol. The molecule has 2 aromatic carbocycles. The predicted octanol–water partition coefficient (Wildman–Crippen LogP) is 6.75. The first-order valence-electron chi connectivity index (χ1n) is 11.4. The molecule has 2 nitrogen and oxygen atoms in total. The van der Waals surface area contributed by atoms with Crippen molar-refractivity contribution in [3.63, 3.8) is 0 Å². The predicted molar refractivity (Wildman–Crippen MR) is 123 cm³/mol. The van der Waals surface area contributed by atoms with Crippen LogP contribution in [0.1, 0.15) is 75.6 Å². The SMILES string of the molecule is CC(C)Nc1ccc2c(c1-c1c(NC(C)C)ccc3c1CCCC3)CCCC2. The molecule has 0 heterocycles. The van der Waals surface area contributed by atoms with Gasteiger partial charge in [0.2, 0.25) is 0 Å². The fourth-order valence-electron chi connectivity index (χ4n) is 5.09. The van der Waals surface area contributed by atoms with E-state index in [1.807, 2.05) is 0 Å². The molecular formula is C26H36N2. The van der Waals surface area contributed by atoms with E-state index in [-0.39, 0.29) is 0 Å². The molecule has 0 bridgehead atoms. The fraction of sp³-hybridized carbons (Fsp3) is 0.538. The van der Waals surface area contributed by atoms with Gasteiger partial charge in [0.15, 0.2) is 0 Å².